The number of halogens is 4. The second kappa shape index (κ2) is 9.97. The van der Waals surface area contributed by atoms with E-state index in [1.807, 2.05) is 46.1 Å². The summed E-state index contributed by atoms with van der Waals surface area (Å²) in [6, 6.07) is 13.8. The first-order valence-electron chi connectivity index (χ1n) is 12.0. The number of nitrogens with one attached hydrogen (secondary N) is 1. The number of anilines is 1. The lowest BCUT2D eigenvalue weighted by atomic mass is 10.1. The average Bonchev–Trinajstić information content (AvgIpc) is 3.64. The molecule has 0 aliphatic carbocycles. The van der Waals surface area contributed by atoms with E-state index in [0.717, 1.165) is 46.7 Å². The van der Waals surface area contributed by atoms with Crippen LogP contribution < -0.4 is 10.2 Å². The molecule has 2 aliphatic heterocycles. The molecule has 0 bridgehead atoms. The van der Waals surface area contributed by atoms with Crippen LogP contribution in [-0.4, -0.2) is 57.5 Å². The highest BCUT2D eigenvalue weighted by Gasteiger charge is 2.40. The first kappa shape index (κ1) is 25.5. The summed E-state index contributed by atoms with van der Waals surface area (Å²) in [7, 11) is 1.00. The van der Waals surface area contributed by atoms with E-state index in [-0.39, 0.29) is 5.82 Å². The van der Waals surface area contributed by atoms with Crippen LogP contribution in [0.3, 0.4) is 0 Å². The van der Waals surface area contributed by atoms with Crippen LogP contribution >= 0.6 is 0 Å². The Hall–Kier alpha value is -4.12. The Morgan fingerprint density at radius 3 is 2.58 bits per heavy atom. The third-order valence-corrected chi connectivity index (χ3v) is 6.75. The Morgan fingerprint density at radius 2 is 1.84 bits per heavy atom. The second-order valence-electron chi connectivity index (χ2n) is 9.09. The molecule has 2 aliphatic rings. The van der Waals surface area contributed by atoms with Crippen molar-refractivity contribution in [2.24, 2.45) is 0 Å². The molecule has 4 heterocycles. The molecule has 7 nitrogen and oxygen atoms in total. The Bertz CT molecular complexity index is 1460. The van der Waals surface area contributed by atoms with Gasteiger partial charge in [0.1, 0.15) is 5.82 Å². The minimum Gasteiger partial charge on any atom is -0.400 e. The number of aliphatic hydroxyl groups excluding tert-OH is 1. The van der Waals surface area contributed by atoms with Crippen molar-refractivity contribution in [2.75, 3.05) is 25.1 Å². The molecular formula is C27H25F4N5O2. The number of carbonyl (C=O) groups excluding carboxylic acids is 1. The van der Waals surface area contributed by atoms with Crippen LogP contribution in [0.25, 0.3) is 28.3 Å². The largest absolute Gasteiger partial charge is 0.471 e. The fourth-order valence-electron chi connectivity index (χ4n) is 5.01. The van der Waals surface area contributed by atoms with Gasteiger partial charge in [0.2, 0.25) is 0 Å². The van der Waals surface area contributed by atoms with Crippen molar-refractivity contribution >= 4 is 11.6 Å². The highest BCUT2D eigenvalue weighted by molar-refractivity contribution is 5.82. The van der Waals surface area contributed by atoms with Crippen molar-refractivity contribution in [3.63, 3.8) is 0 Å². The maximum Gasteiger partial charge on any atom is 0.471 e. The van der Waals surface area contributed by atoms with Crippen molar-refractivity contribution in [2.45, 2.75) is 25.2 Å². The summed E-state index contributed by atoms with van der Waals surface area (Å²) in [5, 5.41) is 9.09. The summed E-state index contributed by atoms with van der Waals surface area (Å²) in [4.78, 5) is 17.9. The van der Waals surface area contributed by atoms with Gasteiger partial charge >= 0.3 is 12.1 Å². The molecule has 11 heteroatoms. The molecule has 1 fully saturated rings. The molecule has 2 aromatic carbocycles. The van der Waals surface area contributed by atoms with Gasteiger partial charge in [-0.05, 0) is 53.9 Å². The van der Waals surface area contributed by atoms with Crippen molar-refractivity contribution in [1.29, 1.82) is 0 Å². The monoisotopic (exact) mass is 527 g/mol. The van der Waals surface area contributed by atoms with E-state index >= 15 is 0 Å². The molecule has 6 rings (SSSR count). The van der Waals surface area contributed by atoms with Gasteiger partial charge < -0.3 is 19.9 Å². The molecular weight excluding hydrogens is 502 g/mol. The van der Waals surface area contributed by atoms with Gasteiger partial charge in [0.15, 0.2) is 5.82 Å². The van der Waals surface area contributed by atoms with Crippen LogP contribution in [-0.2, 0) is 11.3 Å². The summed E-state index contributed by atoms with van der Waals surface area (Å²) in [6.07, 6.45) is 1.20. The van der Waals surface area contributed by atoms with Crippen molar-refractivity contribution in [1.82, 2.24) is 19.4 Å². The molecule has 198 valence electrons. The Kier molecular flexibility index (Phi) is 6.70. The normalized spacial score (nSPS) is 16.1. The van der Waals surface area contributed by atoms with Crippen molar-refractivity contribution in [3.05, 3.63) is 78.5 Å². The quantitative estimate of drug-likeness (QED) is 0.342. The number of aromatic nitrogens is 3. The molecule has 0 spiro atoms. The summed E-state index contributed by atoms with van der Waals surface area (Å²) in [6.45, 7) is 1.41. The van der Waals surface area contributed by atoms with E-state index in [9.17, 15) is 22.4 Å². The number of fused-ring (bicyclic) bond motifs is 5. The van der Waals surface area contributed by atoms with E-state index in [4.69, 9.17) is 5.11 Å². The maximum absolute atomic E-state index is 13.4. The molecule has 1 atom stereocenters. The summed E-state index contributed by atoms with van der Waals surface area (Å²) >= 11 is 0. The van der Waals surface area contributed by atoms with Gasteiger partial charge in [-0.1, -0.05) is 12.1 Å². The standard InChI is InChI=1S/C26H21F4N5O.CH4O/c27-19-3-1-16(2-4-19)17-12-23-24-31-8-10-35(24)22-6-5-21(11-18(22)14-34(23)13-17)33-9-7-20(15-33)32-25(36)26(28,29)30;1-2/h1-6,8,10-13,20H,7,9,14-15H2,(H,32,36);2H,1H3/t20-;/m0./s1. The van der Waals surface area contributed by atoms with Gasteiger partial charge in [-0.2, -0.15) is 13.2 Å². The topological polar surface area (TPSA) is 75.3 Å². The van der Waals surface area contributed by atoms with Gasteiger partial charge in [0.25, 0.3) is 0 Å². The number of rotatable bonds is 3. The highest BCUT2D eigenvalue weighted by Crippen LogP contribution is 2.35. The number of aliphatic hydroxyl groups is 1. The predicted octanol–water partition coefficient (Wildman–Crippen LogP) is 4.37. The fourth-order valence-corrected chi connectivity index (χ4v) is 5.01. The fraction of sp³-hybridized carbons (Fsp3) is 0.259. The number of carbonyl (C=O) groups is 1. The molecule has 38 heavy (non-hydrogen) atoms. The summed E-state index contributed by atoms with van der Waals surface area (Å²) in [5.41, 5.74) is 5.64. The molecule has 2 aromatic heterocycles. The third kappa shape index (κ3) is 4.76. The first-order valence-corrected chi connectivity index (χ1v) is 12.0. The minimum absolute atomic E-state index is 0.293. The molecule has 4 aromatic rings. The Labute approximate surface area is 216 Å². The van der Waals surface area contributed by atoms with E-state index in [1.54, 1.807) is 18.3 Å². The van der Waals surface area contributed by atoms with Crippen molar-refractivity contribution in [3.8, 4) is 28.3 Å². The second-order valence-corrected chi connectivity index (χ2v) is 9.09. The molecule has 1 saturated heterocycles. The molecule has 0 saturated carbocycles. The van der Waals surface area contributed by atoms with Crippen LogP contribution in [0.15, 0.2) is 67.1 Å². The van der Waals surface area contributed by atoms with Gasteiger partial charge in [-0.15, -0.1) is 0 Å². The van der Waals surface area contributed by atoms with Gasteiger partial charge in [0, 0.05) is 62.6 Å². The van der Waals surface area contributed by atoms with Gasteiger partial charge in [-0.25, -0.2) is 9.37 Å². The first-order chi connectivity index (χ1) is 18.3. The molecule has 0 radical (unpaired) electrons. The van der Waals surface area contributed by atoms with Gasteiger partial charge in [0.05, 0.1) is 11.4 Å². The molecule has 1 amide bonds. The number of hydrogen-bond donors (Lipinski definition) is 2. The Balaban J connectivity index is 0.00000144. The summed E-state index contributed by atoms with van der Waals surface area (Å²) < 4.78 is 55.5. The van der Waals surface area contributed by atoms with Crippen LogP contribution in [0.5, 0.6) is 0 Å². The van der Waals surface area contributed by atoms with E-state index in [1.165, 1.54) is 12.1 Å². The lowest BCUT2D eigenvalue weighted by molar-refractivity contribution is -0.174. The lowest BCUT2D eigenvalue weighted by Gasteiger charge is -2.21. The molecule has 0 unspecified atom stereocenters. The van der Waals surface area contributed by atoms with Crippen LogP contribution in [0.2, 0.25) is 0 Å². The lowest BCUT2D eigenvalue weighted by Crippen LogP contribution is -2.44. The SMILES string of the molecule is CO.O=C(N[C@H]1CCN(c2ccc3c(c2)Cn2cc(-c4ccc(F)cc4)cc2-c2nccn2-3)C1)C(F)(F)F. The zero-order valence-corrected chi connectivity index (χ0v) is 20.4. The van der Waals surface area contributed by atoms with E-state index < -0.39 is 18.1 Å². The zero-order chi connectivity index (χ0) is 27.0. The maximum atomic E-state index is 13.4. The zero-order valence-electron chi connectivity index (χ0n) is 20.4. The average molecular weight is 528 g/mol. The smallest absolute Gasteiger partial charge is 0.400 e. The minimum atomic E-state index is -4.89. The summed E-state index contributed by atoms with van der Waals surface area (Å²) in [5.74, 6) is -1.41. The Morgan fingerprint density at radius 1 is 1.08 bits per heavy atom. The number of imidazole rings is 1. The number of amides is 1. The van der Waals surface area contributed by atoms with Crippen LogP contribution in [0.4, 0.5) is 23.2 Å². The van der Waals surface area contributed by atoms with Crippen LogP contribution in [0.1, 0.15) is 12.0 Å². The van der Waals surface area contributed by atoms with Crippen molar-refractivity contribution < 1.29 is 27.5 Å². The predicted molar refractivity (Wildman–Crippen MR) is 134 cm³/mol. The number of benzene rings is 2. The third-order valence-electron chi connectivity index (χ3n) is 6.75. The van der Waals surface area contributed by atoms with Crippen LogP contribution in [0, 0.1) is 5.82 Å². The highest BCUT2D eigenvalue weighted by atomic mass is 19.4. The number of hydrogen-bond acceptors (Lipinski definition) is 4. The van der Waals surface area contributed by atoms with E-state index in [0.29, 0.717) is 26.1 Å². The number of alkyl halides is 3. The number of nitrogens with zero attached hydrogens (tertiary/aromatic N) is 4. The molecule has 2 N–H and O–H groups in total. The van der Waals surface area contributed by atoms with E-state index in [2.05, 4.69) is 14.9 Å². The van der Waals surface area contributed by atoms with Gasteiger partial charge in [-0.3, -0.25) is 9.36 Å².